The van der Waals surface area contributed by atoms with Crippen LogP contribution in [0.25, 0.3) is 0 Å². The number of likely N-dealkylation sites (tertiary alicyclic amines) is 1. The highest BCUT2D eigenvalue weighted by molar-refractivity contribution is 8.03. The van der Waals surface area contributed by atoms with Gasteiger partial charge >= 0.3 is 12.1 Å². The smallest absolute Gasteiger partial charge is 0.410 e. The normalized spacial score (nSPS) is 27.5. The zero-order chi connectivity index (χ0) is 26.7. The Bertz CT molecular complexity index is 1070. The Morgan fingerprint density at radius 1 is 1.32 bits per heavy atom. The molecule has 0 aliphatic carbocycles. The van der Waals surface area contributed by atoms with E-state index in [0.717, 1.165) is 10.6 Å². The standard InChI is InChI=1S/C26H34N4O6S/c1-5-11-35-25(33)22-23(16(4)21-18(8-10-31)24(32)30(21)22)37-17-13-20(15(3)19-7-9-27-28-19)29(14-17)26(34)36-12-6-2/h5-7,9,15-18,20-21,31H,1-2,8,10-14H2,3-4H3,(H,27,28)/t15-,16+,17-,18-,20+,21+/m0/s1. The van der Waals surface area contributed by atoms with E-state index in [9.17, 15) is 19.5 Å². The van der Waals surface area contributed by atoms with Crippen molar-refractivity contribution in [3.05, 3.63) is 53.9 Å². The number of aliphatic hydroxyl groups is 1. The van der Waals surface area contributed by atoms with E-state index in [4.69, 9.17) is 9.47 Å². The molecule has 2 amide bonds. The van der Waals surface area contributed by atoms with Gasteiger partial charge in [0.05, 0.1) is 12.0 Å². The predicted molar refractivity (Wildman–Crippen MR) is 138 cm³/mol. The summed E-state index contributed by atoms with van der Waals surface area (Å²) in [7, 11) is 0. The van der Waals surface area contributed by atoms with Gasteiger partial charge in [-0.05, 0) is 18.9 Å². The second-order valence-corrected chi connectivity index (χ2v) is 10.9. The van der Waals surface area contributed by atoms with Crippen LogP contribution in [0.3, 0.4) is 0 Å². The Hall–Kier alpha value is -3.05. The summed E-state index contributed by atoms with van der Waals surface area (Å²) < 4.78 is 10.7. The van der Waals surface area contributed by atoms with Crippen molar-refractivity contribution in [1.82, 2.24) is 20.0 Å². The van der Waals surface area contributed by atoms with Crippen LogP contribution < -0.4 is 0 Å². The lowest BCUT2D eigenvalue weighted by Crippen LogP contribution is -2.60. The summed E-state index contributed by atoms with van der Waals surface area (Å²) in [6, 6.07) is 1.55. The van der Waals surface area contributed by atoms with Crippen LogP contribution in [-0.4, -0.2) is 86.8 Å². The Morgan fingerprint density at radius 2 is 2.05 bits per heavy atom. The molecule has 2 fully saturated rings. The highest BCUT2D eigenvalue weighted by Crippen LogP contribution is 2.52. The van der Waals surface area contributed by atoms with Crippen molar-refractivity contribution in [2.75, 3.05) is 26.4 Å². The number of H-pyrrole nitrogens is 1. The third-order valence-corrected chi connectivity index (χ3v) is 8.87. The maximum atomic E-state index is 13.1. The minimum Gasteiger partial charge on any atom is -0.457 e. The minimum atomic E-state index is -0.560. The van der Waals surface area contributed by atoms with Gasteiger partial charge in [-0.1, -0.05) is 39.2 Å². The molecule has 10 nitrogen and oxygen atoms in total. The van der Waals surface area contributed by atoms with Crippen molar-refractivity contribution in [2.45, 2.75) is 49.9 Å². The number of carbonyl (C=O) groups is 3. The first-order valence-corrected chi connectivity index (χ1v) is 13.4. The molecule has 0 bridgehead atoms. The van der Waals surface area contributed by atoms with Gasteiger partial charge in [-0.2, -0.15) is 5.10 Å². The van der Waals surface area contributed by atoms with Crippen LogP contribution in [0.5, 0.6) is 0 Å². The number of nitrogens with one attached hydrogen (secondary N) is 1. The Balaban J connectivity index is 1.60. The maximum Gasteiger partial charge on any atom is 0.410 e. The molecule has 1 aromatic rings. The highest BCUT2D eigenvalue weighted by Gasteiger charge is 2.59. The zero-order valence-electron chi connectivity index (χ0n) is 21.2. The minimum absolute atomic E-state index is 0.0215. The van der Waals surface area contributed by atoms with E-state index in [2.05, 4.69) is 23.4 Å². The number of amides is 2. The molecular weight excluding hydrogens is 496 g/mol. The third kappa shape index (κ3) is 5.06. The van der Waals surface area contributed by atoms with Crippen molar-refractivity contribution in [3.63, 3.8) is 0 Å². The summed E-state index contributed by atoms with van der Waals surface area (Å²) in [5, 5.41) is 16.5. The average Bonchev–Trinajstić information content (AvgIpc) is 3.62. The van der Waals surface area contributed by atoms with Crippen molar-refractivity contribution in [3.8, 4) is 0 Å². The Morgan fingerprint density at radius 3 is 2.70 bits per heavy atom. The van der Waals surface area contributed by atoms with Crippen LogP contribution >= 0.6 is 11.8 Å². The molecule has 3 aliphatic rings. The van der Waals surface area contributed by atoms with E-state index >= 15 is 0 Å². The molecule has 3 aliphatic heterocycles. The monoisotopic (exact) mass is 530 g/mol. The summed E-state index contributed by atoms with van der Waals surface area (Å²) in [6.07, 6.45) is 5.30. The lowest BCUT2D eigenvalue weighted by atomic mass is 9.80. The van der Waals surface area contributed by atoms with E-state index in [1.165, 1.54) is 28.8 Å². The van der Waals surface area contributed by atoms with Crippen LogP contribution in [0.2, 0.25) is 0 Å². The fourth-order valence-corrected chi connectivity index (χ4v) is 7.14. The van der Waals surface area contributed by atoms with Crippen LogP contribution in [0.15, 0.2) is 48.2 Å². The number of aliphatic hydroxyl groups excluding tert-OH is 1. The number of hydrogen-bond acceptors (Lipinski definition) is 8. The molecule has 0 saturated carbocycles. The largest absolute Gasteiger partial charge is 0.457 e. The number of thioether (sulfide) groups is 1. The van der Waals surface area contributed by atoms with E-state index in [1.54, 1.807) is 11.1 Å². The van der Waals surface area contributed by atoms with Gasteiger partial charge in [0, 0.05) is 53.1 Å². The quantitative estimate of drug-likeness (QED) is 0.254. The van der Waals surface area contributed by atoms with Gasteiger partial charge in [0.15, 0.2) is 0 Å². The summed E-state index contributed by atoms with van der Waals surface area (Å²) >= 11 is 1.53. The molecule has 0 unspecified atom stereocenters. The highest BCUT2D eigenvalue weighted by atomic mass is 32.2. The van der Waals surface area contributed by atoms with Gasteiger partial charge in [0.1, 0.15) is 18.9 Å². The lowest BCUT2D eigenvalue weighted by Gasteiger charge is -2.45. The first-order valence-electron chi connectivity index (χ1n) is 12.5. The van der Waals surface area contributed by atoms with Gasteiger partial charge in [-0.15, -0.1) is 11.8 Å². The van der Waals surface area contributed by atoms with Crippen molar-refractivity contribution in [1.29, 1.82) is 0 Å². The molecule has 6 atom stereocenters. The van der Waals surface area contributed by atoms with Crippen LogP contribution in [-0.2, 0) is 19.1 Å². The van der Waals surface area contributed by atoms with Crippen molar-refractivity contribution < 1.29 is 29.0 Å². The number of fused-ring (bicyclic) bond motifs is 1. The molecule has 2 saturated heterocycles. The molecule has 0 radical (unpaired) electrons. The van der Waals surface area contributed by atoms with Gasteiger partial charge in [0.2, 0.25) is 5.91 Å². The van der Waals surface area contributed by atoms with Gasteiger partial charge in [-0.25, -0.2) is 9.59 Å². The third-order valence-electron chi connectivity index (χ3n) is 7.38. The van der Waals surface area contributed by atoms with Crippen LogP contribution in [0, 0.1) is 11.8 Å². The number of aromatic amines is 1. The fraction of sp³-hybridized carbons (Fsp3) is 0.538. The molecular formula is C26H34N4O6S. The van der Waals surface area contributed by atoms with Gasteiger partial charge < -0.3 is 24.4 Å². The number of esters is 1. The number of nitrogens with zero attached hydrogens (tertiary/aromatic N) is 3. The average molecular weight is 531 g/mol. The van der Waals surface area contributed by atoms with Crippen molar-refractivity contribution >= 4 is 29.7 Å². The summed E-state index contributed by atoms with van der Waals surface area (Å²) in [5.41, 5.74) is 1.19. The second kappa shape index (κ2) is 11.6. The molecule has 37 heavy (non-hydrogen) atoms. The van der Waals surface area contributed by atoms with E-state index < -0.39 is 12.1 Å². The van der Waals surface area contributed by atoms with Gasteiger partial charge in [0.25, 0.3) is 0 Å². The Kier molecular flexibility index (Phi) is 8.43. The number of hydrogen-bond donors (Lipinski definition) is 2. The molecule has 4 heterocycles. The van der Waals surface area contributed by atoms with E-state index in [1.807, 2.05) is 19.9 Å². The SMILES string of the molecule is C=CCOC(=O)C1=C(S[C@H]2C[C@H]([C@@H](C)c3ccn[nH]3)N(C(=O)OCC=C)C2)[C@H](C)[C@@H]2[C@H](CCO)C(=O)N12. The lowest BCUT2D eigenvalue weighted by molar-refractivity contribution is -0.158. The van der Waals surface area contributed by atoms with Crippen LogP contribution in [0.1, 0.15) is 38.3 Å². The molecule has 2 N–H and O–H groups in total. The first kappa shape index (κ1) is 27.0. The van der Waals surface area contributed by atoms with Gasteiger partial charge in [-0.3, -0.25) is 9.89 Å². The second-order valence-electron chi connectivity index (χ2n) is 9.57. The van der Waals surface area contributed by atoms with E-state index in [0.29, 0.717) is 19.4 Å². The first-order chi connectivity index (χ1) is 17.8. The molecule has 200 valence electrons. The number of aromatic nitrogens is 2. The maximum absolute atomic E-state index is 13.1. The number of carbonyl (C=O) groups excluding carboxylic acids is 3. The van der Waals surface area contributed by atoms with E-state index in [-0.39, 0.29) is 66.5 Å². The zero-order valence-corrected chi connectivity index (χ0v) is 22.0. The summed E-state index contributed by atoms with van der Waals surface area (Å²) in [6.45, 7) is 11.7. The Labute approximate surface area is 220 Å². The molecule has 4 rings (SSSR count). The molecule has 11 heteroatoms. The number of rotatable bonds is 11. The fourth-order valence-electron chi connectivity index (χ4n) is 5.60. The molecule has 0 aromatic carbocycles. The number of β-lactam (4-membered cyclic amide) rings is 1. The summed E-state index contributed by atoms with van der Waals surface area (Å²) in [5.74, 6) is -1.18. The molecule has 0 spiro atoms. The number of ether oxygens (including phenoxy) is 2. The summed E-state index contributed by atoms with van der Waals surface area (Å²) in [4.78, 5) is 43.0. The molecule has 1 aromatic heterocycles. The van der Waals surface area contributed by atoms with Crippen molar-refractivity contribution in [2.24, 2.45) is 11.8 Å². The topological polar surface area (TPSA) is 125 Å². The predicted octanol–water partition coefficient (Wildman–Crippen LogP) is 2.81. The van der Waals surface area contributed by atoms with Crippen LogP contribution in [0.4, 0.5) is 4.79 Å².